The molecule has 0 spiro atoms. The van der Waals surface area contributed by atoms with Crippen molar-refractivity contribution in [3.8, 4) is 0 Å². The Balaban J connectivity index is 2.36. The predicted octanol–water partition coefficient (Wildman–Crippen LogP) is 3.06. The van der Waals surface area contributed by atoms with E-state index in [4.69, 9.17) is 0 Å². The molecule has 0 saturated heterocycles. The molecular weight excluding hydrogens is 318 g/mol. The molecule has 2 N–H and O–H groups in total. The Morgan fingerprint density at radius 3 is 2.50 bits per heavy atom. The summed E-state index contributed by atoms with van der Waals surface area (Å²) in [6.07, 6.45) is 2.05. The molecule has 0 fully saturated rings. The molecule has 0 aromatic carbocycles. The number of aromatic nitrogens is 1. The van der Waals surface area contributed by atoms with Gasteiger partial charge in [0.1, 0.15) is 0 Å². The molecule has 6 heteroatoms. The van der Waals surface area contributed by atoms with Crippen molar-refractivity contribution in [2.75, 3.05) is 26.2 Å². The summed E-state index contributed by atoms with van der Waals surface area (Å²) in [6.45, 7) is 16.8. The van der Waals surface area contributed by atoms with Crippen LogP contribution in [0.4, 0.5) is 0 Å². The third-order valence-electron chi connectivity index (χ3n) is 3.82. The summed E-state index contributed by atoms with van der Waals surface area (Å²) in [7, 11) is 0. The average Bonchev–Trinajstić information content (AvgIpc) is 2.92. The maximum absolute atomic E-state index is 4.67. The molecule has 0 bridgehead atoms. The summed E-state index contributed by atoms with van der Waals surface area (Å²) in [5.74, 6) is 0.917. The van der Waals surface area contributed by atoms with Crippen LogP contribution in [-0.4, -0.2) is 54.1 Å². The third kappa shape index (κ3) is 8.11. The second-order valence-corrected chi connectivity index (χ2v) is 7.54. The summed E-state index contributed by atoms with van der Waals surface area (Å²) in [6, 6.07) is 1.13. The van der Waals surface area contributed by atoms with Gasteiger partial charge in [0.05, 0.1) is 5.01 Å². The highest BCUT2D eigenvalue weighted by Crippen LogP contribution is 2.10. The van der Waals surface area contributed by atoms with Crippen LogP contribution in [0.3, 0.4) is 0 Å². The van der Waals surface area contributed by atoms with Gasteiger partial charge in [0.15, 0.2) is 5.96 Å². The van der Waals surface area contributed by atoms with Gasteiger partial charge in [0, 0.05) is 55.8 Å². The molecule has 138 valence electrons. The van der Waals surface area contributed by atoms with Gasteiger partial charge in [-0.3, -0.25) is 9.89 Å². The largest absolute Gasteiger partial charge is 0.357 e. The zero-order chi connectivity index (χ0) is 17.9. The zero-order valence-corrected chi connectivity index (χ0v) is 17.0. The standard InChI is InChI=1S/C18H35N5S/c1-7-19-18(21-11-12-23(14(2)3)15(4)5)20-10-8-9-17-22-16(6)13-24-17/h13-15H,7-12H2,1-6H3,(H2,19,20,21). The van der Waals surface area contributed by atoms with Crippen molar-refractivity contribution in [1.82, 2.24) is 20.5 Å². The molecule has 0 atom stereocenters. The lowest BCUT2D eigenvalue weighted by molar-refractivity contribution is 0.178. The highest BCUT2D eigenvalue weighted by molar-refractivity contribution is 7.09. The maximum atomic E-state index is 4.67. The van der Waals surface area contributed by atoms with E-state index in [0.717, 1.165) is 50.7 Å². The van der Waals surface area contributed by atoms with E-state index in [-0.39, 0.29) is 0 Å². The first-order valence-corrected chi connectivity index (χ1v) is 10.0. The van der Waals surface area contributed by atoms with Crippen LogP contribution in [-0.2, 0) is 6.42 Å². The van der Waals surface area contributed by atoms with E-state index in [1.165, 1.54) is 5.01 Å². The quantitative estimate of drug-likeness (QED) is 0.386. The second-order valence-electron chi connectivity index (χ2n) is 6.60. The fourth-order valence-corrected chi connectivity index (χ4v) is 3.51. The van der Waals surface area contributed by atoms with Crippen molar-refractivity contribution < 1.29 is 0 Å². The Labute approximate surface area is 152 Å². The van der Waals surface area contributed by atoms with Crippen LogP contribution in [0.5, 0.6) is 0 Å². The lowest BCUT2D eigenvalue weighted by atomic mass is 10.2. The molecular formula is C18H35N5S. The first-order valence-electron chi connectivity index (χ1n) is 9.13. The molecule has 0 saturated carbocycles. The minimum atomic E-state index is 0.563. The van der Waals surface area contributed by atoms with Crippen molar-refractivity contribution in [2.45, 2.75) is 66.5 Å². The SMILES string of the molecule is CCNC(=NCCCc1nc(C)cs1)NCCN(C(C)C)C(C)C. The average molecular weight is 354 g/mol. The summed E-state index contributed by atoms with van der Waals surface area (Å²) < 4.78 is 0. The van der Waals surface area contributed by atoms with Crippen LogP contribution in [0.15, 0.2) is 10.4 Å². The lowest BCUT2D eigenvalue weighted by Gasteiger charge is -2.30. The molecule has 0 aliphatic carbocycles. The van der Waals surface area contributed by atoms with E-state index < -0.39 is 0 Å². The minimum absolute atomic E-state index is 0.563. The van der Waals surface area contributed by atoms with Gasteiger partial charge in [0.2, 0.25) is 0 Å². The summed E-state index contributed by atoms with van der Waals surface area (Å²) >= 11 is 1.74. The third-order valence-corrected chi connectivity index (χ3v) is 4.84. The summed E-state index contributed by atoms with van der Waals surface area (Å²) in [4.78, 5) is 11.7. The highest BCUT2D eigenvalue weighted by atomic mass is 32.1. The van der Waals surface area contributed by atoms with Gasteiger partial charge in [-0.05, 0) is 48.0 Å². The van der Waals surface area contributed by atoms with Gasteiger partial charge in [-0.15, -0.1) is 11.3 Å². The van der Waals surface area contributed by atoms with Crippen molar-refractivity contribution in [2.24, 2.45) is 4.99 Å². The van der Waals surface area contributed by atoms with Gasteiger partial charge in [-0.25, -0.2) is 4.98 Å². The van der Waals surface area contributed by atoms with Gasteiger partial charge in [-0.2, -0.15) is 0 Å². The molecule has 0 amide bonds. The van der Waals surface area contributed by atoms with E-state index in [1.54, 1.807) is 11.3 Å². The van der Waals surface area contributed by atoms with E-state index in [9.17, 15) is 0 Å². The number of hydrogen-bond donors (Lipinski definition) is 2. The topological polar surface area (TPSA) is 52.6 Å². The Bertz CT molecular complexity index is 474. The van der Waals surface area contributed by atoms with E-state index >= 15 is 0 Å². The Morgan fingerprint density at radius 2 is 1.96 bits per heavy atom. The smallest absolute Gasteiger partial charge is 0.191 e. The van der Waals surface area contributed by atoms with Crippen LogP contribution in [0, 0.1) is 6.92 Å². The monoisotopic (exact) mass is 353 g/mol. The minimum Gasteiger partial charge on any atom is -0.357 e. The zero-order valence-electron chi connectivity index (χ0n) is 16.2. The van der Waals surface area contributed by atoms with Gasteiger partial charge < -0.3 is 10.6 Å². The maximum Gasteiger partial charge on any atom is 0.191 e. The van der Waals surface area contributed by atoms with E-state index in [1.807, 2.05) is 6.92 Å². The summed E-state index contributed by atoms with van der Waals surface area (Å²) in [5, 5.41) is 10.1. The normalized spacial score (nSPS) is 12.5. The highest BCUT2D eigenvalue weighted by Gasteiger charge is 2.12. The molecule has 0 aliphatic rings. The van der Waals surface area contributed by atoms with Crippen LogP contribution in [0.1, 0.15) is 51.7 Å². The van der Waals surface area contributed by atoms with Crippen LogP contribution < -0.4 is 10.6 Å². The number of nitrogens with one attached hydrogen (secondary N) is 2. The van der Waals surface area contributed by atoms with E-state index in [2.05, 4.69) is 65.5 Å². The second kappa shape index (κ2) is 11.4. The van der Waals surface area contributed by atoms with Crippen molar-refractivity contribution in [3.63, 3.8) is 0 Å². The molecule has 0 radical (unpaired) electrons. The van der Waals surface area contributed by atoms with Crippen LogP contribution in [0.2, 0.25) is 0 Å². The van der Waals surface area contributed by atoms with Crippen LogP contribution in [0.25, 0.3) is 0 Å². The summed E-state index contributed by atoms with van der Waals surface area (Å²) in [5.41, 5.74) is 1.12. The fourth-order valence-electron chi connectivity index (χ4n) is 2.70. The Morgan fingerprint density at radius 1 is 1.25 bits per heavy atom. The van der Waals surface area contributed by atoms with Gasteiger partial charge >= 0.3 is 0 Å². The lowest BCUT2D eigenvalue weighted by Crippen LogP contribution is -2.45. The Kier molecular flexibility index (Phi) is 9.95. The van der Waals surface area contributed by atoms with Gasteiger partial charge in [-0.1, -0.05) is 0 Å². The number of guanidine groups is 1. The first kappa shape index (κ1) is 20.9. The number of rotatable bonds is 10. The number of aliphatic imine (C=N–C) groups is 1. The molecule has 1 aromatic heterocycles. The van der Waals surface area contributed by atoms with E-state index in [0.29, 0.717) is 12.1 Å². The number of aryl methyl sites for hydroxylation is 2. The molecule has 0 aliphatic heterocycles. The molecule has 24 heavy (non-hydrogen) atoms. The molecule has 0 unspecified atom stereocenters. The predicted molar refractivity (Wildman–Crippen MR) is 106 cm³/mol. The first-order chi connectivity index (χ1) is 11.4. The number of thiazole rings is 1. The van der Waals surface area contributed by atoms with Crippen LogP contribution >= 0.6 is 11.3 Å². The molecule has 1 aromatic rings. The van der Waals surface area contributed by atoms with Crippen molar-refractivity contribution in [3.05, 3.63) is 16.1 Å². The van der Waals surface area contributed by atoms with Gasteiger partial charge in [0.25, 0.3) is 0 Å². The number of nitrogens with zero attached hydrogens (tertiary/aromatic N) is 3. The fraction of sp³-hybridized carbons (Fsp3) is 0.778. The molecule has 1 heterocycles. The Hall–Kier alpha value is -1.14. The molecule has 5 nitrogen and oxygen atoms in total. The number of hydrogen-bond acceptors (Lipinski definition) is 4. The van der Waals surface area contributed by atoms with Crippen molar-refractivity contribution in [1.29, 1.82) is 0 Å². The van der Waals surface area contributed by atoms with Crippen molar-refractivity contribution >= 4 is 17.3 Å². The molecule has 1 rings (SSSR count).